The number of pyridine rings is 1. The standard InChI is InChI=1S/C27H35N9O2/c1-8-24(37)33-23-14-21(22(38-7)15-27(23,2)35(5)12-11-34(3)4)32-26-28-10-9-20(31-26)18-13-19-17-30-36(6)25(19)29-16-18/h8-10,13-14,16-17H,1,11-12,15H2,2-7H3,(H,33,37)(H,28,31,32). The van der Waals surface area contributed by atoms with E-state index >= 15 is 0 Å². The van der Waals surface area contributed by atoms with Gasteiger partial charge in [-0.2, -0.15) is 5.10 Å². The summed E-state index contributed by atoms with van der Waals surface area (Å²) in [5.74, 6) is 0.849. The van der Waals surface area contributed by atoms with Crippen LogP contribution in [0.5, 0.6) is 0 Å². The number of ether oxygens (including phenoxy) is 1. The molecule has 0 spiro atoms. The Morgan fingerprint density at radius 1 is 1.26 bits per heavy atom. The van der Waals surface area contributed by atoms with Gasteiger partial charge in [-0.05, 0) is 52.4 Å². The Morgan fingerprint density at radius 3 is 2.76 bits per heavy atom. The molecule has 2 N–H and O–H groups in total. The molecule has 1 aliphatic rings. The summed E-state index contributed by atoms with van der Waals surface area (Å²) >= 11 is 0. The van der Waals surface area contributed by atoms with Crippen LogP contribution < -0.4 is 10.6 Å². The fourth-order valence-electron chi connectivity index (χ4n) is 4.35. The lowest BCUT2D eigenvalue weighted by molar-refractivity contribution is -0.116. The summed E-state index contributed by atoms with van der Waals surface area (Å²) in [6, 6.07) is 3.83. The molecule has 1 aliphatic carbocycles. The maximum atomic E-state index is 12.4. The third-order valence-electron chi connectivity index (χ3n) is 6.86. The fraction of sp³-hybridized carbons (Fsp3) is 0.370. The first-order valence-corrected chi connectivity index (χ1v) is 12.3. The molecular weight excluding hydrogens is 482 g/mol. The first kappa shape index (κ1) is 27.0. The van der Waals surface area contributed by atoms with Crippen molar-refractivity contribution in [2.75, 3.05) is 46.7 Å². The van der Waals surface area contributed by atoms with Gasteiger partial charge in [0.15, 0.2) is 5.65 Å². The number of methoxy groups -OCH3 is 1. The number of nitrogens with one attached hydrogen (secondary N) is 2. The third-order valence-corrected chi connectivity index (χ3v) is 6.86. The maximum Gasteiger partial charge on any atom is 0.247 e. The number of aryl methyl sites for hydroxylation is 1. The van der Waals surface area contributed by atoms with E-state index < -0.39 is 5.54 Å². The van der Waals surface area contributed by atoms with Crippen molar-refractivity contribution in [1.29, 1.82) is 0 Å². The van der Waals surface area contributed by atoms with Gasteiger partial charge < -0.3 is 20.3 Å². The number of carbonyl (C=O) groups is 1. The van der Waals surface area contributed by atoms with Gasteiger partial charge >= 0.3 is 0 Å². The number of amides is 1. The van der Waals surface area contributed by atoms with Crippen molar-refractivity contribution in [3.8, 4) is 11.3 Å². The number of carbonyl (C=O) groups excluding carboxylic acids is 1. The summed E-state index contributed by atoms with van der Waals surface area (Å²) < 4.78 is 7.55. The summed E-state index contributed by atoms with van der Waals surface area (Å²) in [5.41, 5.74) is 3.26. The Labute approximate surface area is 222 Å². The van der Waals surface area contributed by atoms with Gasteiger partial charge in [0.2, 0.25) is 11.9 Å². The van der Waals surface area contributed by atoms with E-state index in [1.54, 1.807) is 30.4 Å². The zero-order valence-corrected chi connectivity index (χ0v) is 22.8. The Bertz CT molecular complexity index is 1410. The van der Waals surface area contributed by atoms with Crippen LogP contribution in [0.4, 0.5) is 5.95 Å². The van der Waals surface area contributed by atoms with Gasteiger partial charge in [0, 0.05) is 55.6 Å². The first-order chi connectivity index (χ1) is 18.1. The van der Waals surface area contributed by atoms with Gasteiger partial charge in [0.25, 0.3) is 0 Å². The minimum atomic E-state index is -0.515. The average molecular weight is 518 g/mol. The molecule has 0 aromatic carbocycles. The lowest BCUT2D eigenvalue weighted by atomic mass is 9.85. The van der Waals surface area contributed by atoms with Crippen LogP contribution in [0.3, 0.4) is 0 Å². The SMILES string of the molecule is C=CC(=O)NC1=CC(Nc2nccc(-c3cnc4c(cnn4C)c3)n2)=C(OC)CC1(C)N(C)CCN(C)C. The number of anilines is 1. The number of hydrogen-bond donors (Lipinski definition) is 2. The molecule has 0 saturated carbocycles. The van der Waals surface area contributed by atoms with Gasteiger partial charge in [-0.15, -0.1) is 0 Å². The van der Waals surface area contributed by atoms with Crippen LogP contribution in [0.25, 0.3) is 22.3 Å². The van der Waals surface area contributed by atoms with Crippen LogP contribution in [0.1, 0.15) is 13.3 Å². The largest absolute Gasteiger partial charge is 0.499 e. The number of fused-ring (bicyclic) bond motifs is 1. The van der Waals surface area contributed by atoms with E-state index in [-0.39, 0.29) is 5.91 Å². The number of rotatable bonds is 10. The molecule has 1 amide bonds. The second-order valence-corrected chi connectivity index (χ2v) is 9.76. The van der Waals surface area contributed by atoms with E-state index in [9.17, 15) is 4.79 Å². The molecule has 1 unspecified atom stereocenters. The smallest absolute Gasteiger partial charge is 0.247 e. The number of allylic oxidation sites excluding steroid dienone is 1. The molecule has 1 atom stereocenters. The predicted octanol–water partition coefficient (Wildman–Crippen LogP) is 2.54. The molecule has 200 valence electrons. The van der Waals surface area contributed by atoms with E-state index in [1.165, 1.54) is 6.08 Å². The number of likely N-dealkylation sites (N-methyl/N-ethyl adjacent to an activating group) is 2. The summed E-state index contributed by atoms with van der Waals surface area (Å²) in [4.78, 5) is 30.4. The Hall–Kier alpha value is -4.09. The summed E-state index contributed by atoms with van der Waals surface area (Å²) in [6.45, 7) is 7.37. The molecule has 4 rings (SSSR count). The van der Waals surface area contributed by atoms with Crippen molar-refractivity contribution in [2.24, 2.45) is 7.05 Å². The molecule has 3 heterocycles. The quantitative estimate of drug-likeness (QED) is 0.392. The highest BCUT2D eigenvalue weighted by Gasteiger charge is 2.39. The lowest BCUT2D eigenvalue weighted by Gasteiger charge is -2.43. The second kappa shape index (κ2) is 11.1. The van der Waals surface area contributed by atoms with Crippen LogP contribution in [0.2, 0.25) is 0 Å². The summed E-state index contributed by atoms with van der Waals surface area (Å²) in [6.07, 6.45) is 8.92. The van der Waals surface area contributed by atoms with Crippen LogP contribution >= 0.6 is 0 Å². The Morgan fingerprint density at radius 2 is 2.05 bits per heavy atom. The normalized spacial score (nSPS) is 17.6. The van der Waals surface area contributed by atoms with Crippen LogP contribution in [-0.4, -0.2) is 87.3 Å². The zero-order chi connectivity index (χ0) is 27.4. The van der Waals surface area contributed by atoms with Crippen molar-refractivity contribution >= 4 is 22.9 Å². The van der Waals surface area contributed by atoms with Gasteiger partial charge in [-0.1, -0.05) is 6.58 Å². The molecule has 11 nitrogen and oxygen atoms in total. The van der Waals surface area contributed by atoms with Gasteiger partial charge in [0.05, 0.1) is 30.2 Å². The molecular formula is C27H35N9O2. The minimum Gasteiger partial charge on any atom is -0.499 e. The molecule has 0 aliphatic heterocycles. The molecule has 0 bridgehead atoms. The van der Waals surface area contributed by atoms with Crippen LogP contribution in [-0.2, 0) is 16.6 Å². The summed E-state index contributed by atoms with van der Waals surface area (Å²) in [7, 11) is 9.62. The highest BCUT2D eigenvalue weighted by molar-refractivity contribution is 5.88. The van der Waals surface area contributed by atoms with Crippen LogP contribution in [0, 0.1) is 0 Å². The molecule has 38 heavy (non-hydrogen) atoms. The van der Waals surface area contributed by atoms with Crippen molar-refractivity contribution in [2.45, 2.75) is 18.9 Å². The predicted molar refractivity (Wildman–Crippen MR) is 148 cm³/mol. The van der Waals surface area contributed by atoms with E-state index in [0.29, 0.717) is 23.8 Å². The number of aromatic nitrogens is 5. The topological polar surface area (TPSA) is 113 Å². The molecule has 3 aromatic rings. The molecule has 0 fully saturated rings. The van der Waals surface area contributed by atoms with E-state index in [4.69, 9.17) is 9.72 Å². The lowest BCUT2D eigenvalue weighted by Crippen LogP contribution is -2.53. The Balaban J connectivity index is 1.65. The van der Waals surface area contributed by atoms with E-state index in [1.807, 2.05) is 46.4 Å². The third kappa shape index (κ3) is 5.58. The van der Waals surface area contributed by atoms with Crippen LogP contribution in [0.15, 0.2) is 66.6 Å². The van der Waals surface area contributed by atoms with Crippen molar-refractivity contribution in [3.05, 3.63) is 66.6 Å². The monoisotopic (exact) mass is 517 g/mol. The second-order valence-electron chi connectivity index (χ2n) is 9.76. The molecule has 0 radical (unpaired) electrons. The van der Waals surface area contributed by atoms with Gasteiger partial charge in [0.1, 0.15) is 5.76 Å². The highest BCUT2D eigenvalue weighted by atomic mass is 16.5. The number of hydrogen-bond acceptors (Lipinski definition) is 9. The zero-order valence-electron chi connectivity index (χ0n) is 22.8. The van der Waals surface area contributed by atoms with Gasteiger partial charge in [-0.25, -0.2) is 15.0 Å². The van der Waals surface area contributed by atoms with E-state index in [0.717, 1.165) is 41.1 Å². The van der Waals surface area contributed by atoms with Crippen molar-refractivity contribution in [3.63, 3.8) is 0 Å². The fourth-order valence-corrected chi connectivity index (χ4v) is 4.35. The number of nitrogens with zero attached hydrogens (tertiary/aromatic N) is 7. The molecule has 11 heteroatoms. The molecule has 0 saturated heterocycles. The highest BCUT2D eigenvalue weighted by Crippen LogP contribution is 2.36. The van der Waals surface area contributed by atoms with Crippen molar-refractivity contribution < 1.29 is 9.53 Å². The Kier molecular flexibility index (Phi) is 7.88. The van der Waals surface area contributed by atoms with Crippen molar-refractivity contribution in [1.82, 2.24) is 39.8 Å². The maximum absolute atomic E-state index is 12.4. The molecule has 3 aromatic heterocycles. The summed E-state index contributed by atoms with van der Waals surface area (Å²) in [5, 5.41) is 11.5. The van der Waals surface area contributed by atoms with E-state index in [2.05, 4.69) is 49.0 Å². The first-order valence-electron chi connectivity index (χ1n) is 12.3. The average Bonchev–Trinajstić information content (AvgIpc) is 3.28. The minimum absolute atomic E-state index is 0.278. The van der Waals surface area contributed by atoms with Gasteiger partial charge in [-0.3, -0.25) is 14.4 Å².